The highest BCUT2D eigenvalue weighted by Crippen LogP contribution is 2.29. The third-order valence-corrected chi connectivity index (χ3v) is 6.13. The number of rotatable bonds is 11. The maximum atomic E-state index is 14.5. The average molecular weight is 470 g/mol. The molecule has 0 unspecified atom stereocenters. The second-order valence-electron chi connectivity index (χ2n) is 8.72. The minimum atomic E-state index is -2.94. The third-order valence-electron chi connectivity index (χ3n) is 6.13. The van der Waals surface area contributed by atoms with Crippen molar-refractivity contribution in [2.24, 2.45) is 0 Å². The number of aryl methyl sites for hydroxylation is 2. The number of aromatic nitrogens is 3. The summed E-state index contributed by atoms with van der Waals surface area (Å²) in [6, 6.07) is 10.0. The van der Waals surface area contributed by atoms with E-state index in [0.29, 0.717) is 36.0 Å². The fraction of sp³-hybridized carbons (Fsp3) is 0.440. The van der Waals surface area contributed by atoms with E-state index in [4.69, 9.17) is 0 Å². The number of aliphatic carboxylic acids is 1. The third kappa shape index (κ3) is 6.15. The molecule has 1 aliphatic rings. The van der Waals surface area contributed by atoms with Crippen molar-refractivity contribution in [2.75, 3.05) is 17.2 Å². The molecule has 0 saturated carbocycles. The lowest BCUT2D eigenvalue weighted by Gasteiger charge is -2.21. The molecule has 0 saturated heterocycles. The molecule has 0 bridgehead atoms. The second-order valence-corrected chi connectivity index (χ2v) is 8.72. The lowest BCUT2D eigenvalue weighted by atomic mass is 10.0. The predicted molar refractivity (Wildman–Crippen MR) is 127 cm³/mol. The van der Waals surface area contributed by atoms with Gasteiger partial charge in [0.25, 0.3) is 0 Å². The summed E-state index contributed by atoms with van der Waals surface area (Å²) in [7, 11) is 0. The average Bonchev–Trinajstić information content (AvgIpc) is 2.84. The topological polar surface area (TPSA) is 100 Å². The molecule has 0 radical (unpaired) electrons. The Hall–Kier alpha value is -3.36. The van der Waals surface area contributed by atoms with Crippen LogP contribution in [0.2, 0.25) is 0 Å². The molecule has 0 amide bonds. The molecule has 3 heterocycles. The number of alkyl halides is 2. The van der Waals surface area contributed by atoms with Crippen molar-refractivity contribution < 1.29 is 18.7 Å². The zero-order valence-electron chi connectivity index (χ0n) is 18.9. The van der Waals surface area contributed by atoms with E-state index in [1.807, 2.05) is 12.1 Å². The standard InChI is InChI=1S/C25H29F2N5O2/c26-25(27,13-4-3-7-18-11-10-17-6-5-15-28-22(17)31-18)14-12-21(24(33)34)32-23-19-8-1-2-9-20(19)29-16-30-23/h1-2,8-11,16,21H,3-7,12-15H2,(H,28,31)(H,33,34)(H,29,30,32)/t21-/m0/s1. The summed E-state index contributed by atoms with van der Waals surface area (Å²) < 4.78 is 29.0. The first-order chi connectivity index (χ1) is 16.4. The molecule has 0 fully saturated rings. The fourth-order valence-corrected chi connectivity index (χ4v) is 4.22. The maximum Gasteiger partial charge on any atom is 0.326 e. The molecule has 0 spiro atoms. The summed E-state index contributed by atoms with van der Waals surface area (Å²) in [5.41, 5.74) is 2.76. The van der Waals surface area contributed by atoms with Crippen LogP contribution < -0.4 is 10.6 Å². The summed E-state index contributed by atoms with van der Waals surface area (Å²) in [5.74, 6) is -2.88. The molecular formula is C25H29F2N5O2. The van der Waals surface area contributed by atoms with E-state index in [-0.39, 0.29) is 12.8 Å². The number of para-hydroxylation sites is 1. The number of unbranched alkanes of at least 4 members (excludes halogenated alkanes) is 1. The number of pyridine rings is 1. The highest BCUT2D eigenvalue weighted by Gasteiger charge is 2.31. The van der Waals surface area contributed by atoms with Crippen LogP contribution in [0.4, 0.5) is 20.4 Å². The van der Waals surface area contributed by atoms with Gasteiger partial charge in [-0.1, -0.05) is 18.2 Å². The van der Waals surface area contributed by atoms with Crippen molar-refractivity contribution in [2.45, 2.75) is 63.3 Å². The quantitative estimate of drug-likeness (QED) is 0.337. The lowest BCUT2D eigenvalue weighted by molar-refractivity contribution is -0.138. The van der Waals surface area contributed by atoms with Gasteiger partial charge in [0.05, 0.1) is 5.52 Å². The number of fused-ring (bicyclic) bond motifs is 2. The first kappa shape index (κ1) is 23.8. The number of halogens is 2. The van der Waals surface area contributed by atoms with Crippen molar-refractivity contribution in [3.63, 3.8) is 0 Å². The monoisotopic (exact) mass is 469 g/mol. The first-order valence-electron chi connectivity index (χ1n) is 11.7. The Kier molecular flexibility index (Phi) is 7.49. The highest BCUT2D eigenvalue weighted by molar-refractivity contribution is 5.90. The van der Waals surface area contributed by atoms with Crippen LogP contribution in [0.1, 0.15) is 49.8 Å². The van der Waals surface area contributed by atoms with Gasteiger partial charge in [-0.15, -0.1) is 0 Å². The number of hydrogen-bond donors (Lipinski definition) is 3. The molecule has 4 rings (SSSR count). The predicted octanol–water partition coefficient (Wildman–Crippen LogP) is 5.08. The zero-order valence-corrected chi connectivity index (χ0v) is 18.9. The van der Waals surface area contributed by atoms with Crippen LogP contribution in [0.15, 0.2) is 42.7 Å². The SMILES string of the molecule is O=C(O)[C@H](CCC(F)(F)CCCCc1ccc2c(n1)NCCC2)Nc1ncnc2ccccc12. The Morgan fingerprint density at radius 1 is 1.15 bits per heavy atom. The molecular weight excluding hydrogens is 440 g/mol. The molecule has 2 aromatic heterocycles. The van der Waals surface area contributed by atoms with Gasteiger partial charge in [0.15, 0.2) is 0 Å². The molecule has 34 heavy (non-hydrogen) atoms. The van der Waals surface area contributed by atoms with E-state index in [2.05, 4.69) is 31.7 Å². The number of nitrogens with one attached hydrogen (secondary N) is 2. The molecule has 7 nitrogen and oxygen atoms in total. The van der Waals surface area contributed by atoms with Gasteiger partial charge in [-0.05, 0) is 62.3 Å². The Morgan fingerprint density at radius 3 is 2.85 bits per heavy atom. The number of anilines is 2. The van der Waals surface area contributed by atoms with Crippen LogP contribution in [0.3, 0.4) is 0 Å². The van der Waals surface area contributed by atoms with Crippen LogP contribution in [0.5, 0.6) is 0 Å². The fourth-order valence-electron chi connectivity index (χ4n) is 4.22. The number of carboxylic acid groups (broad SMARTS) is 1. The Morgan fingerprint density at radius 2 is 2.00 bits per heavy atom. The van der Waals surface area contributed by atoms with Crippen LogP contribution in [0.25, 0.3) is 10.9 Å². The number of carbonyl (C=O) groups is 1. The Balaban J connectivity index is 1.26. The van der Waals surface area contributed by atoms with Crippen LogP contribution in [0, 0.1) is 0 Å². The summed E-state index contributed by atoms with van der Waals surface area (Å²) >= 11 is 0. The normalized spacial score (nSPS) is 14.3. The van der Waals surface area contributed by atoms with E-state index in [1.54, 1.807) is 18.2 Å². The molecule has 9 heteroatoms. The Bertz CT molecular complexity index is 1140. The minimum Gasteiger partial charge on any atom is -0.480 e. The van der Waals surface area contributed by atoms with Crippen LogP contribution in [-0.4, -0.2) is 44.5 Å². The number of benzene rings is 1. The maximum absolute atomic E-state index is 14.5. The van der Waals surface area contributed by atoms with Gasteiger partial charge in [0, 0.05) is 30.5 Å². The van der Waals surface area contributed by atoms with Crippen molar-refractivity contribution >= 4 is 28.5 Å². The van der Waals surface area contributed by atoms with Gasteiger partial charge in [0.2, 0.25) is 5.92 Å². The Labute approximate surface area is 197 Å². The smallest absolute Gasteiger partial charge is 0.326 e. The van der Waals surface area contributed by atoms with E-state index in [1.165, 1.54) is 11.9 Å². The summed E-state index contributed by atoms with van der Waals surface area (Å²) in [4.78, 5) is 24.6. The summed E-state index contributed by atoms with van der Waals surface area (Å²) in [6.07, 6.45) is 4.03. The van der Waals surface area contributed by atoms with E-state index < -0.39 is 24.4 Å². The summed E-state index contributed by atoms with van der Waals surface area (Å²) in [5, 5.41) is 16.3. The molecule has 1 atom stereocenters. The zero-order chi connectivity index (χ0) is 24.0. The van der Waals surface area contributed by atoms with E-state index in [9.17, 15) is 18.7 Å². The molecule has 1 aromatic carbocycles. The highest BCUT2D eigenvalue weighted by atomic mass is 19.3. The van der Waals surface area contributed by atoms with Crippen LogP contribution in [-0.2, 0) is 17.6 Å². The van der Waals surface area contributed by atoms with Gasteiger partial charge >= 0.3 is 5.97 Å². The number of hydrogen-bond acceptors (Lipinski definition) is 6. The van der Waals surface area contributed by atoms with Crippen molar-refractivity contribution in [1.82, 2.24) is 15.0 Å². The van der Waals surface area contributed by atoms with Crippen molar-refractivity contribution in [3.8, 4) is 0 Å². The molecule has 3 N–H and O–H groups in total. The van der Waals surface area contributed by atoms with Gasteiger partial charge in [-0.3, -0.25) is 0 Å². The van der Waals surface area contributed by atoms with Gasteiger partial charge in [0.1, 0.15) is 24.0 Å². The lowest BCUT2D eigenvalue weighted by Crippen LogP contribution is -2.32. The second kappa shape index (κ2) is 10.7. The first-order valence-corrected chi connectivity index (χ1v) is 11.7. The number of nitrogens with zero attached hydrogens (tertiary/aromatic N) is 3. The summed E-state index contributed by atoms with van der Waals surface area (Å²) in [6.45, 7) is 0.912. The minimum absolute atomic E-state index is 0.210. The molecule has 1 aliphatic heterocycles. The van der Waals surface area contributed by atoms with Gasteiger partial charge in [-0.2, -0.15) is 0 Å². The van der Waals surface area contributed by atoms with Gasteiger partial charge in [-0.25, -0.2) is 28.5 Å². The van der Waals surface area contributed by atoms with Crippen molar-refractivity contribution in [1.29, 1.82) is 0 Å². The van der Waals surface area contributed by atoms with E-state index >= 15 is 0 Å². The molecule has 3 aromatic rings. The largest absolute Gasteiger partial charge is 0.480 e. The number of carboxylic acids is 1. The van der Waals surface area contributed by atoms with Crippen molar-refractivity contribution in [3.05, 3.63) is 54.0 Å². The molecule has 0 aliphatic carbocycles. The van der Waals surface area contributed by atoms with Gasteiger partial charge < -0.3 is 15.7 Å². The van der Waals surface area contributed by atoms with Crippen LogP contribution >= 0.6 is 0 Å². The molecule has 180 valence electrons. The van der Waals surface area contributed by atoms with E-state index in [0.717, 1.165) is 30.9 Å².